The molecule has 0 aliphatic carbocycles. The molecule has 2 aromatic carbocycles. The lowest BCUT2D eigenvalue weighted by molar-refractivity contribution is -0.144. The van der Waals surface area contributed by atoms with E-state index in [-0.39, 0.29) is 18.6 Å². The molecule has 10 heteroatoms. The Bertz CT molecular complexity index is 1590. The number of hydrogen-bond donors (Lipinski definition) is 1. The molecule has 0 saturated carbocycles. The molecule has 0 atom stereocenters. The van der Waals surface area contributed by atoms with E-state index in [0.29, 0.717) is 32.3 Å². The van der Waals surface area contributed by atoms with E-state index < -0.39 is 5.97 Å². The van der Waals surface area contributed by atoms with E-state index in [1.165, 1.54) is 67.1 Å². The molecule has 1 aromatic heterocycles. The second-order valence-corrected chi connectivity index (χ2v) is 16.0. The number of benzene rings is 2. The maximum Gasteiger partial charge on any atom is 0.307 e. The number of rotatable bonds is 26. The molecule has 9 nitrogen and oxygen atoms in total. The van der Waals surface area contributed by atoms with Crippen LogP contribution in [0.1, 0.15) is 128 Å². The number of fused-ring (bicyclic) bond motifs is 2. The Morgan fingerprint density at radius 1 is 0.704 bits per heavy atom. The first-order valence-electron chi connectivity index (χ1n) is 20.8. The van der Waals surface area contributed by atoms with Gasteiger partial charge < -0.3 is 19.5 Å². The van der Waals surface area contributed by atoms with Gasteiger partial charge in [0.05, 0.1) is 12.3 Å². The Kier molecular flexibility index (Phi) is 17.9. The molecular formula is C44H63N3O6S. The summed E-state index contributed by atoms with van der Waals surface area (Å²) in [4.78, 5) is 42.6. The molecule has 0 spiro atoms. The Morgan fingerprint density at radius 2 is 1.37 bits per heavy atom. The zero-order chi connectivity index (χ0) is 37.8. The first kappa shape index (κ1) is 41.5. The molecule has 5 rings (SSSR count). The highest BCUT2D eigenvalue weighted by molar-refractivity contribution is 7.17. The van der Waals surface area contributed by atoms with Crippen molar-refractivity contribution in [3.05, 3.63) is 53.4 Å². The van der Waals surface area contributed by atoms with Gasteiger partial charge >= 0.3 is 11.9 Å². The number of anilines is 2. The Morgan fingerprint density at radius 3 is 2.06 bits per heavy atom. The topological polar surface area (TPSA) is 99.6 Å². The predicted molar refractivity (Wildman–Crippen MR) is 220 cm³/mol. The van der Waals surface area contributed by atoms with Crippen LogP contribution in [-0.4, -0.2) is 73.9 Å². The van der Waals surface area contributed by atoms with Crippen molar-refractivity contribution in [2.75, 3.05) is 55.9 Å². The lowest BCUT2D eigenvalue weighted by atomic mass is 10.0. The molecule has 2 aliphatic rings. The third kappa shape index (κ3) is 13.9. The fourth-order valence-corrected chi connectivity index (χ4v) is 8.53. The monoisotopic (exact) mass is 761 g/mol. The van der Waals surface area contributed by atoms with Gasteiger partial charge in [-0.2, -0.15) is 0 Å². The molecule has 1 saturated heterocycles. The van der Waals surface area contributed by atoms with Crippen molar-refractivity contribution >= 4 is 50.6 Å². The van der Waals surface area contributed by atoms with Crippen molar-refractivity contribution in [1.82, 2.24) is 4.90 Å². The van der Waals surface area contributed by atoms with E-state index in [2.05, 4.69) is 39.4 Å². The molecule has 1 fully saturated rings. The van der Waals surface area contributed by atoms with Gasteiger partial charge in [0.1, 0.15) is 5.75 Å². The van der Waals surface area contributed by atoms with Crippen LogP contribution in [-0.2, 0) is 25.5 Å². The Hall–Kier alpha value is -3.63. The molecule has 0 radical (unpaired) electrons. The van der Waals surface area contributed by atoms with Crippen LogP contribution in [0.25, 0.3) is 10.1 Å². The SMILES string of the molecule is O=C(O)CCCCCCCCCCCCCCCCC(=O)OCN1C(=O)CCc2ccc(OCCCCN3CCN(c4cccc5sccc45)CC3)cc21. The number of carbonyl (C=O) groups excluding carboxylic acids is 2. The van der Waals surface area contributed by atoms with Gasteiger partial charge in [0, 0.05) is 67.3 Å². The number of unbranched alkanes of at least 4 members (excludes halogenated alkanes) is 14. The minimum absolute atomic E-state index is 0.0208. The largest absolute Gasteiger partial charge is 0.494 e. The second-order valence-electron chi connectivity index (χ2n) is 15.1. The molecule has 296 valence electrons. The van der Waals surface area contributed by atoms with Crippen molar-refractivity contribution in [2.24, 2.45) is 0 Å². The van der Waals surface area contributed by atoms with Crippen LogP contribution in [0.2, 0.25) is 0 Å². The first-order chi connectivity index (χ1) is 26.5. The number of aliphatic carboxylic acids is 1. The zero-order valence-electron chi connectivity index (χ0n) is 32.4. The van der Waals surface area contributed by atoms with Crippen molar-refractivity contribution < 1.29 is 29.0 Å². The molecule has 2 aliphatic heterocycles. The highest BCUT2D eigenvalue weighted by atomic mass is 32.1. The molecule has 54 heavy (non-hydrogen) atoms. The normalized spacial score (nSPS) is 14.8. The number of carboxylic acid groups (broad SMARTS) is 1. The summed E-state index contributed by atoms with van der Waals surface area (Å²) in [5, 5.41) is 12.2. The number of esters is 1. The summed E-state index contributed by atoms with van der Waals surface area (Å²) in [5.74, 6) is -0.205. The molecule has 0 unspecified atom stereocenters. The van der Waals surface area contributed by atoms with E-state index in [4.69, 9.17) is 14.6 Å². The van der Waals surface area contributed by atoms with Crippen LogP contribution in [0.4, 0.5) is 11.4 Å². The third-order valence-electron chi connectivity index (χ3n) is 11.0. The highest BCUT2D eigenvalue weighted by Crippen LogP contribution is 2.33. The van der Waals surface area contributed by atoms with E-state index >= 15 is 0 Å². The van der Waals surface area contributed by atoms with Crippen LogP contribution < -0.4 is 14.5 Å². The number of hydrogen-bond acceptors (Lipinski definition) is 8. The average molecular weight is 762 g/mol. The lowest BCUT2D eigenvalue weighted by Gasteiger charge is -2.36. The summed E-state index contributed by atoms with van der Waals surface area (Å²) < 4.78 is 13.1. The Labute approximate surface area is 327 Å². The van der Waals surface area contributed by atoms with E-state index in [1.807, 2.05) is 29.5 Å². The fraction of sp³-hybridized carbons (Fsp3) is 0.614. The number of thiophene rings is 1. The number of carbonyl (C=O) groups is 3. The lowest BCUT2D eigenvalue weighted by Crippen LogP contribution is -2.46. The standard InChI is InChI=1S/C44H63N3O6S/c48-42-25-23-36-22-24-37(52-32-16-15-27-45-28-30-46(31-29-45)39-18-17-19-41-38(39)26-33-54-41)34-40(36)47(42)35-53-44(51)21-14-12-10-8-6-4-2-1-3-5-7-9-11-13-20-43(49)50/h17-19,22,24,26,33-34H,1-16,20-21,23,25,27-32,35H2,(H,49,50). The van der Waals surface area contributed by atoms with Crippen molar-refractivity contribution in [3.63, 3.8) is 0 Å². The average Bonchev–Trinajstić information content (AvgIpc) is 3.67. The Balaban J connectivity index is 0.887. The van der Waals surface area contributed by atoms with Gasteiger partial charge in [-0.15, -0.1) is 11.3 Å². The summed E-state index contributed by atoms with van der Waals surface area (Å²) >= 11 is 1.81. The van der Waals surface area contributed by atoms with E-state index in [0.717, 1.165) is 101 Å². The number of carboxylic acids is 1. The summed E-state index contributed by atoms with van der Waals surface area (Å²) in [6.07, 6.45) is 19.8. The number of ether oxygens (including phenoxy) is 2. The van der Waals surface area contributed by atoms with Crippen LogP contribution in [0.5, 0.6) is 5.75 Å². The molecule has 0 bridgehead atoms. The highest BCUT2D eigenvalue weighted by Gasteiger charge is 2.26. The molecule has 3 heterocycles. The van der Waals surface area contributed by atoms with Gasteiger partial charge in [-0.1, -0.05) is 89.2 Å². The third-order valence-corrected chi connectivity index (χ3v) is 11.8. The quantitative estimate of drug-likeness (QED) is 0.0638. The first-order valence-corrected chi connectivity index (χ1v) is 21.7. The summed E-state index contributed by atoms with van der Waals surface area (Å²) in [6.45, 7) is 5.90. The van der Waals surface area contributed by atoms with Gasteiger partial charge in [-0.05, 0) is 73.9 Å². The fourth-order valence-electron chi connectivity index (χ4n) is 7.72. The summed E-state index contributed by atoms with van der Waals surface area (Å²) in [6, 6.07) is 14.8. The number of amides is 1. The van der Waals surface area contributed by atoms with Crippen LogP contribution >= 0.6 is 11.3 Å². The summed E-state index contributed by atoms with van der Waals surface area (Å²) in [5.41, 5.74) is 3.23. The second kappa shape index (κ2) is 23.3. The van der Waals surface area contributed by atoms with Gasteiger partial charge in [0.2, 0.25) is 5.91 Å². The van der Waals surface area contributed by atoms with Crippen molar-refractivity contribution in [1.29, 1.82) is 0 Å². The van der Waals surface area contributed by atoms with Gasteiger partial charge in [-0.3, -0.25) is 24.2 Å². The zero-order valence-corrected chi connectivity index (χ0v) is 33.3. The maximum absolute atomic E-state index is 12.9. The van der Waals surface area contributed by atoms with Crippen molar-refractivity contribution in [3.8, 4) is 5.75 Å². The van der Waals surface area contributed by atoms with Gasteiger partial charge in [-0.25, -0.2) is 0 Å². The number of piperazine rings is 1. The van der Waals surface area contributed by atoms with Gasteiger partial charge in [0.25, 0.3) is 0 Å². The van der Waals surface area contributed by atoms with Crippen LogP contribution in [0.15, 0.2) is 47.8 Å². The molecular weight excluding hydrogens is 699 g/mol. The minimum Gasteiger partial charge on any atom is -0.494 e. The van der Waals surface area contributed by atoms with Gasteiger partial charge in [0.15, 0.2) is 6.73 Å². The molecule has 1 amide bonds. The number of nitrogens with zero attached hydrogens (tertiary/aromatic N) is 3. The van der Waals surface area contributed by atoms with Crippen molar-refractivity contribution in [2.45, 2.75) is 128 Å². The molecule has 1 N–H and O–H groups in total. The van der Waals surface area contributed by atoms with Crippen LogP contribution in [0, 0.1) is 0 Å². The van der Waals surface area contributed by atoms with Crippen LogP contribution in [0.3, 0.4) is 0 Å². The van der Waals surface area contributed by atoms with E-state index in [1.54, 1.807) is 4.90 Å². The maximum atomic E-state index is 12.9. The smallest absolute Gasteiger partial charge is 0.307 e. The number of aryl methyl sites for hydroxylation is 1. The van der Waals surface area contributed by atoms with E-state index in [9.17, 15) is 14.4 Å². The predicted octanol–water partition coefficient (Wildman–Crippen LogP) is 9.99. The molecule has 3 aromatic rings. The summed E-state index contributed by atoms with van der Waals surface area (Å²) in [7, 11) is 0. The minimum atomic E-state index is -0.687.